The first kappa shape index (κ1) is 12.1. The van der Waals surface area contributed by atoms with Crippen LogP contribution in [0.5, 0.6) is 0 Å². The van der Waals surface area contributed by atoms with Crippen LogP contribution in [0.3, 0.4) is 0 Å². The standard InChI is InChI=1S/C15H13ClOS/c16-12-6-3-5-11(8-12)15(17)14-9-10-4-1-2-7-13(10)18-14/h1-8,14-15,17H,9H2. The highest BCUT2D eigenvalue weighted by atomic mass is 35.5. The van der Waals surface area contributed by atoms with Crippen LogP contribution < -0.4 is 0 Å². The predicted octanol–water partition coefficient (Wildman–Crippen LogP) is 4.09. The van der Waals surface area contributed by atoms with Crippen molar-refractivity contribution in [3.8, 4) is 0 Å². The Labute approximate surface area is 116 Å². The Balaban J connectivity index is 1.82. The van der Waals surface area contributed by atoms with Gasteiger partial charge in [0.2, 0.25) is 0 Å². The Hall–Kier alpha value is -0.960. The average molecular weight is 277 g/mol. The molecule has 1 N–H and O–H groups in total. The minimum atomic E-state index is -0.471. The van der Waals surface area contributed by atoms with Crippen LogP contribution in [0.2, 0.25) is 5.02 Å². The first-order chi connectivity index (χ1) is 8.74. The molecule has 0 saturated carbocycles. The second-order valence-corrected chi connectivity index (χ2v) is 6.19. The summed E-state index contributed by atoms with van der Waals surface area (Å²) in [6.45, 7) is 0. The van der Waals surface area contributed by atoms with Gasteiger partial charge in [-0.05, 0) is 35.7 Å². The van der Waals surface area contributed by atoms with Crippen molar-refractivity contribution in [2.24, 2.45) is 0 Å². The summed E-state index contributed by atoms with van der Waals surface area (Å²) in [7, 11) is 0. The minimum absolute atomic E-state index is 0.181. The molecule has 3 rings (SSSR count). The number of rotatable bonds is 2. The Morgan fingerprint density at radius 1 is 1.17 bits per heavy atom. The van der Waals surface area contributed by atoms with E-state index in [0.29, 0.717) is 5.02 Å². The fourth-order valence-electron chi connectivity index (χ4n) is 2.29. The lowest BCUT2D eigenvalue weighted by molar-refractivity contribution is 0.175. The zero-order valence-corrected chi connectivity index (χ0v) is 11.3. The third-order valence-electron chi connectivity index (χ3n) is 3.21. The minimum Gasteiger partial charge on any atom is -0.387 e. The van der Waals surface area contributed by atoms with E-state index in [-0.39, 0.29) is 5.25 Å². The summed E-state index contributed by atoms with van der Waals surface area (Å²) in [5.41, 5.74) is 2.22. The first-order valence-corrected chi connectivity index (χ1v) is 7.18. The summed E-state index contributed by atoms with van der Waals surface area (Å²) in [4.78, 5) is 1.28. The van der Waals surface area contributed by atoms with E-state index in [1.54, 1.807) is 11.8 Å². The maximum Gasteiger partial charge on any atom is 0.0915 e. The van der Waals surface area contributed by atoms with Gasteiger partial charge in [-0.25, -0.2) is 0 Å². The summed E-state index contributed by atoms with van der Waals surface area (Å²) >= 11 is 7.72. The second-order valence-electron chi connectivity index (χ2n) is 4.47. The first-order valence-electron chi connectivity index (χ1n) is 5.92. The van der Waals surface area contributed by atoms with Crippen molar-refractivity contribution in [3.05, 3.63) is 64.7 Å². The fraction of sp³-hybridized carbons (Fsp3) is 0.200. The van der Waals surface area contributed by atoms with Gasteiger partial charge in [-0.15, -0.1) is 11.8 Å². The van der Waals surface area contributed by atoms with Crippen molar-refractivity contribution in [2.75, 3.05) is 0 Å². The van der Waals surface area contributed by atoms with E-state index in [2.05, 4.69) is 12.1 Å². The SMILES string of the molecule is OC(c1cccc(Cl)c1)C1Cc2ccccc2S1. The molecule has 92 valence electrons. The van der Waals surface area contributed by atoms with Gasteiger partial charge in [-0.2, -0.15) is 0 Å². The van der Waals surface area contributed by atoms with E-state index in [9.17, 15) is 5.11 Å². The van der Waals surface area contributed by atoms with Gasteiger partial charge in [0, 0.05) is 15.2 Å². The van der Waals surface area contributed by atoms with E-state index in [1.807, 2.05) is 36.4 Å². The quantitative estimate of drug-likeness (QED) is 0.891. The molecule has 0 fully saturated rings. The number of fused-ring (bicyclic) bond motifs is 1. The Kier molecular flexibility index (Phi) is 3.33. The molecule has 1 aliphatic heterocycles. The molecule has 0 bridgehead atoms. The summed E-state index contributed by atoms with van der Waals surface area (Å²) < 4.78 is 0. The van der Waals surface area contributed by atoms with Crippen LogP contribution in [0.25, 0.3) is 0 Å². The molecule has 0 saturated heterocycles. The number of aliphatic hydroxyl groups excluding tert-OH is 1. The predicted molar refractivity (Wildman–Crippen MR) is 76.2 cm³/mol. The molecule has 2 aromatic rings. The van der Waals surface area contributed by atoms with E-state index in [0.717, 1.165) is 12.0 Å². The number of hydrogen-bond acceptors (Lipinski definition) is 2. The van der Waals surface area contributed by atoms with Crippen molar-refractivity contribution in [3.63, 3.8) is 0 Å². The Bertz CT molecular complexity index is 545. The van der Waals surface area contributed by atoms with Gasteiger partial charge in [-0.1, -0.05) is 41.9 Å². The molecule has 0 amide bonds. The molecule has 0 aliphatic carbocycles. The number of hydrogen-bond donors (Lipinski definition) is 1. The second kappa shape index (κ2) is 4.96. The molecule has 2 aromatic carbocycles. The van der Waals surface area contributed by atoms with Crippen LogP contribution in [-0.2, 0) is 6.42 Å². The molecule has 18 heavy (non-hydrogen) atoms. The normalized spacial score (nSPS) is 19.6. The lowest BCUT2D eigenvalue weighted by Gasteiger charge is -2.17. The van der Waals surface area contributed by atoms with Crippen LogP contribution in [0.1, 0.15) is 17.2 Å². The maximum atomic E-state index is 10.4. The largest absolute Gasteiger partial charge is 0.387 e. The van der Waals surface area contributed by atoms with Crippen LogP contribution in [0.15, 0.2) is 53.4 Å². The smallest absolute Gasteiger partial charge is 0.0915 e. The summed E-state index contributed by atoms with van der Waals surface area (Å²) in [6, 6.07) is 15.8. The van der Waals surface area contributed by atoms with Gasteiger partial charge < -0.3 is 5.11 Å². The number of halogens is 1. The highest BCUT2D eigenvalue weighted by molar-refractivity contribution is 8.00. The number of aliphatic hydroxyl groups is 1. The van der Waals surface area contributed by atoms with Gasteiger partial charge >= 0.3 is 0 Å². The number of thioether (sulfide) groups is 1. The average Bonchev–Trinajstić information content (AvgIpc) is 2.81. The summed E-state index contributed by atoms with van der Waals surface area (Å²) in [5, 5.41) is 11.3. The van der Waals surface area contributed by atoms with Crippen molar-refractivity contribution in [1.29, 1.82) is 0 Å². The zero-order valence-electron chi connectivity index (χ0n) is 9.71. The third-order valence-corrected chi connectivity index (χ3v) is 4.83. The molecular weight excluding hydrogens is 264 g/mol. The third kappa shape index (κ3) is 2.28. The molecule has 2 atom stereocenters. The van der Waals surface area contributed by atoms with Crippen molar-refractivity contribution < 1.29 is 5.11 Å². The monoisotopic (exact) mass is 276 g/mol. The van der Waals surface area contributed by atoms with Gasteiger partial charge in [0.15, 0.2) is 0 Å². The lowest BCUT2D eigenvalue weighted by atomic mass is 10.0. The van der Waals surface area contributed by atoms with Crippen molar-refractivity contribution >= 4 is 23.4 Å². The molecule has 1 nitrogen and oxygen atoms in total. The van der Waals surface area contributed by atoms with Gasteiger partial charge in [0.1, 0.15) is 0 Å². The van der Waals surface area contributed by atoms with Gasteiger partial charge in [0.05, 0.1) is 6.10 Å². The molecule has 0 aromatic heterocycles. The molecule has 3 heteroatoms. The molecule has 2 unspecified atom stereocenters. The molecule has 1 heterocycles. The van der Waals surface area contributed by atoms with Crippen LogP contribution in [0, 0.1) is 0 Å². The van der Waals surface area contributed by atoms with Crippen LogP contribution >= 0.6 is 23.4 Å². The van der Waals surface area contributed by atoms with E-state index in [4.69, 9.17) is 11.6 Å². The van der Waals surface area contributed by atoms with Gasteiger partial charge in [0.25, 0.3) is 0 Å². The lowest BCUT2D eigenvalue weighted by Crippen LogP contribution is -2.14. The zero-order chi connectivity index (χ0) is 12.5. The molecular formula is C15H13ClOS. The number of benzene rings is 2. The highest BCUT2D eigenvalue weighted by Crippen LogP contribution is 2.42. The maximum absolute atomic E-state index is 10.4. The molecule has 1 aliphatic rings. The fourth-order valence-corrected chi connectivity index (χ4v) is 3.82. The topological polar surface area (TPSA) is 20.2 Å². The Morgan fingerprint density at radius 3 is 2.78 bits per heavy atom. The molecule has 0 radical (unpaired) electrons. The van der Waals surface area contributed by atoms with E-state index in [1.165, 1.54) is 10.5 Å². The van der Waals surface area contributed by atoms with Crippen LogP contribution in [0.4, 0.5) is 0 Å². The summed E-state index contributed by atoms with van der Waals surface area (Å²) in [6.07, 6.45) is 0.440. The van der Waals surface area contributed by atoms with E-state index < -0.39 is 6.10 Å². The Morgan fingerprint density at radius 2 is 2.00 bits per heavy atom. The summed E-state index contributed by atoms with van der Waals surface area (Å²) in [5.74, 6) is 0. The molecule has 0 spiro atoms. The van der Waals surface area contributed by atoms with Gasteiger partial charge in [-0.3, -0.25) is 0 Å². The van der Waals surface area contributed by atoms with Crippen molar-refractivity contribution in [2.45, 2.75) is 22.7 Å². The highest BCUT2D eigenvalue weighted by Gasteiger charge is 2.29. The van der Waals surface area contributed by atoms with E-state index >= 15 is 0 Å². The van der Waals surface area contributed by atoms with Crippen molar-refractivity contribution in [1.82, 2.24) is 0 Å². The van der Waals surface area contributed by atoms with Crippen LogP contribution in [-0.4, -0.2) is 10.4 Å².